The van der Waals surface area contributed by atoms with Gasteiger partial charge in [-0.1, -0.05) is 36.3 Å². The van der Waals surface area contributed by atoms with Gasteiger partial charge in [-0.25, -0.2) is 0 Å². The standard InChI is InChI=1S/C14H16O2/c1-4-10-14(2,3)13(15)16-11-12-8-6-5-7-9-12/h5-9H,11H2,1-3H3. The second-order valence-corrected chi connectivity index (χ2v) is 4.06. The smallest absolute Gasteiger partial charge is 0.324 e. The second kappa shape index (κ2) is 5.37. The van der Waals surface area contributed by atoms with Crippen molar-refractivity contribution in [1.82, 2.24) is 0 Å². The molecule has 0 amide bonds. The Kier molecular flexibility index (Phi) is 4.13. The van der Waals surface area contributed by atoms with Crippen LogP contribution in [0.4, 0.5) is 0 Å². The first-order valence-electron chi connectivity index (χ1n) is 5.21. The normalized spacial score (nSPS) is 10.2. The quantitative estimate of drug-likeness (QED) is 0.573. The Morgan fingerprint density at radius 1 is 1.31 bits per heavy atom. The van der Waals surface area contributed by atoms with Gasteiger partial charge in [0.15, 0.2) is 0 Å². The molecule has 0 atom stereocenters. The van der Waals surface area contributed by atoms with E-state index in [0.29, 0.717) is 6.61 Å². The Morgan fingerprint density at radius 3 is 2.50 bits per heavy atom. The number of ether oxygens (including phenoxy) is 1. The van der Waals surface area contributed by atoms with E-state index in [4.69, 9.17) is 4.74 Å². The Balaban J connectivity index is 2.56. The largest absolute Gasteiger partial charge is 0.460 e. The van der Waals surface area contributed by atoms with Crippen LogP contribution in [0.3, 0.4) is 0 Å². The third kappa shape index (κ3) is 3.43. The van der Waals surface area contributed by atoms with Gasteiger partial charge in [-0.15, -0.1) is 5.92 Å². The fourth-order valence-electron chi connectivity index (χ4n) is 1.27. The predicted molar refractivity (Wildman–Crippen MR) is 63.5 cm³/mol. The molecule has 0 heterocycles. The molecule has 16 heavy (non-hydrogen) atoms. The van der Waals surface area contributed by atoms with E-state index in [9.17, 15) is 4.79 Å². The number of esters is 1. The molecule has 0 aromatic heterocycles. The molecule has 0 fully saturated rings. The molecule has 0 saturated carbocycles. The van der Waals surface area contributed by atoms with Crippen molar-refractivity contribution in [3.05, 3.63) is 35.9 Å². The van der Waals surface area contributed by atoms with Crippen molar-refractivity contribution < 1.29 is 9.53 Å². The Morgan fingerprint density at radius 2 is 1.94 bits per heavy atom. The molecule has 0 aliphatic carbocycles. The third-order valence-corrected chi connectivity index (χ3v) is 2.16. The Labute approximate surface area is 96.6 Å². The van der Waals surface area contributed by atoms with Gasteiger partial charge in [0.2, 0.25) is 0 Å². The molecule has 84 valence electrons. The van der Waals surface area contributed by atoms with Crippen molar-refractivity contribution in [3.8, 4) is 11.8 Å². The highest BCUT2D eigenvalue weighted by atomic mass is 16.5. The molecule has 0 bridgehead atoms. The maximum absolute atomic E-state index is 11.7. The third-order valence-electron chi connectivity index (χ3n) is 2.16. The van der Waals surface area contributed by atoms with Crippen LogP contribution in [0.25, 0.3) is 0 Å². The molecule has 0 N–H and O–H groups in total. The Bertz CT molecular complexity index is 407. The van der Waals surface area contributed by atoms with Gasteiger partial charge < -0.3 is 4.74 Å². The zero-order valence-corrected chi connectivity index (χ0v) is 9.91. The summed E-state index contributed by atoms with van der Waals surface area (Å²) in [6.45, 7) is 5.54. The minimum absolute atomic E-state index is 0.286. The van der Waals surface area contributed by atoms with Crippen molar-refractivity contribution in [2.45, 2.75) is 27.4 Å². The van der Waals surface area contributed by atoms with Crippen molar-refractivity contribution >= 4 is 5.97 Å². The van der Waals surface area contributed by atoms with Crippen LogP contribution in [0.15, 0.2) is 30.3 Å². The van der Waals surface area contributed by atoms with E-state index in [2.05, 4.69) is 11.8 Å². The van der Waals surface area contributed by atoms with Gasteiger partial charge in [-0.2, -0.15) is 0 Å². The number of carbonyl (C=O) groups is 1. The van der Waals surface area contributed by atoms with Crippen LogP contribution in [0.2, 0.25) is 0 Å². The molecule has 0 aliphatic heterocycles. The van der Waals surface area contributed by atoms with Gasteiger partial charge in [0.05, 0.1) is 0 Å². The average Bonchev–Trinajstić information content (AvgIpc) is 2.27. The maximum atomic E-state index is 11.7. The number of hydrogen-bond donors (Lipinski definition) is 0. The van der Waals surface area contributed by atoms with Gasteiger partial charge in [-0.05, 0) is 26.3 Å². The summed E-state index contributed by atoms with van der Waals surface area (Å²) < 4.78 is 5.20. The molecule has 0 spiro atoms. The zero-order chi connectivity index (χ0) is 12.0. The molecular formula is C14H16O2. The topological polar surface area (TPSA) is 26.3 Å². The molecule has 1 aromatic carbocycles. The summed E-state index contributed by atoms with van der Waals surface area (Å²) >= 11 is 0. The van der Waals surface area contributed by atoms with E-state index in [-0.39, 0.29) is 5.97 Å². The molecule has 0 radical (unpaired) electrons. The molecule has 1 aromatic rings. The highest BCUT2D eigenvalue weighted by molar-refractivity contribution is 5.79. The van der Waals surface area contributed by atoms with Crippen molar-refractivity contribution in [1.29, 1.82) is 0 Å². The van der Waals surface area contributed by atoms with E-state index >= 15 is 0 Å². The van der Waals surface area contributed by atoms with Crippen molar-refractivity contribution in [3.63, 3.8) is 0 Å². The lowest BCUT2D eigenvalue weighted by Gasteiger charge is -2.15. The first-order chi connectivity index (χ1) is 7.56. The van der Waals surface area contributed by atoms with Crippen LogP contribution in [0.5, 0.6) is 0 Å². The van der Waals surface area contributed by atoms with E-state index in [1.807, 2.05) is 30.3 Å². The van der Waals surface area contributed by atoms with Crippen molar-refractivity contribution in [2.24, 2.45) is 5.41 Å². The van der Waals surface area contributed by atoms with Crippen LogP contribution in [0, 0.1) is 17.3 Å². The molecule has 2 nitrogen and oxygen atoms in total. The fraction of sp³-hybridized carbons (Fsp3) is 0.357. The maximum Gasteiger partial charge on any atom is 0.324 e. The minimum atomic E-state index is -0.733. The molecule has 2 heteroatoms. The molecule has 1 rings (SSSR count). The average molecular weight is 216 g/mol. The van der Waals surface area contributed by atoms with Gasteiger partial charge in [0.1, 0.15) is 12.0 Å². The number of hydrogen-bond acceptors (Lipinski definition) is 2. The number of rotatable bonds is 3. The van der Waals surface area contributed by atoms with Crippen LogP contribution < -0.4 is 0 Å². The lowest BCUT2D eigenvalue weighted by Crippen LogP contribution is -2.24. The zero-order valence-electron chi connectivity index (χ0n) is 9.91. The number of carbonyl (C=O) groups excluding carboxylic acids is 1. The predicted octanol–water partition coefficient (Wildman–Crippen LogP) is 2.78. The van der Waals surface area contributed by atoms with E-state index in [1.165, 1.54) is 0 Å². The summed E-state index contributed by atoms with van der Waals surface area (Å²) in [5.74, 6) is 5.28. The highest BCUT2D eigenvalue weighted by Gasteiger charge is 2.26. The van der Waals surface area contributed by atoms with E-state index in [1.54, 1.807) is 20.8 Å². The van der Waals surface area contributed by atoms with Crippen LogP contribution in [0.1, 0.15) is 26.3 Å². The summed E-state index contributed by atoms with van der Waals surface area (Å²) in [7, 11) is 0. The SMILES string of the molecule is CC#CC(C)(C)C(=O)OCc1ccccc1. The second-order valence-electron chi connectivity index (χ2n) is 4.06. The fourth-order valence-corrected chi connectivity index (χ4v) is 1.27. The minimum Gasteiger partial charge on any atom is -0.460 e. The van der Waals surface area contributed by atoms with Crippen LogP contribution in [-0.4, -0.2) is 5.97 Å². The first-order valence-corrected chi connectivity index (χ1v) is 5.21. The summed E-state index contributed by atoms with van der Waals surface area (Å²) in [6.07, 6.45) is 0. The lowest BCUT2D eigenvalue weighted by atomic mass is 9.95. The van der Waals surface area contributed by atoms with E-state index in [0.717, 1.165) is 5.56 Å². The van der Waals surface area contributed by atoms with E-state index < -0.39 is 5.41 Å². The van der Waals surface area contributed by atoms with Gasteiger partial charge in [0.25, 0.3) is 0 Å². The summed E-state index contributed by atoms with van der Waals surface area (Å²) in [4.78, 5) is 11.7. The summed E-state index contributed by atoms with van der Waals surface area (Å²) in [5.41, 5.74) is 0.250. The molecule has 0 saturated heterocycles. The Hall–Kier alpha value is -1.75. The molecular weight excluding hydrogens is 200 g/mol. The van der Waals surface area contributed by atoms with Crippen LogP contribution in [-0.2, 0) is 16.1 Å². The lowest BCUT2D eigenvalue weighted by molar-refractivity contribution is -0.152. The number of benzene rings is 1. The van der Waals surface area contributed by atoms with Gasteiger partial charge in [-0.3, -0.25) is 4.79 Å². The van der Waals surface area contributed by atoms with Gasteiger partial charge in [0, 0.05) is 0 Å². The summed E-state index contributed by atoms with van der Waals surface area (Å²) in [6, 6.07) is 9.61. The first kappa shape index (κ1) is 12.3. The molecule has 0 aliphatic rings. The van der Waals surface area contributed by atoms with Crippen molar-refractivity contribution in [2.75, 3.05) is 0 Å². The highest BCUT2D eigenvalue weighted by Crippen LogP contribution is 2.16. The monoisotopic (exact) mass is 216 g/mol. The van der Waals surface area contributed by atoms with Crippen LogP contribution >= 0.6 is 0 Å². The summed E-state index contributed by atoms with van der Waals surface area (Å²) in [5, 5.41) is 0. The molecule has 0 unspecified atom stereocenters. The van der Waals surface area contributed by atoms with Gasteiger partial charge >= 0.3 is 5.97 Å².